The number of benzene rings is 2. The largest absolute Gasteiger partial charge is 0.508 e. The van der Waals surface area contributed by atoms with Gasteiger partial charge in [0.15, 0.2) is 5.84 Å². The zero-order chi connectivity index (χ0) is 16.2. The number of halogens is 1. The van der Waals surface area contributed by atoms with Crippen molar-refractivity contribution in [3.05, 3.63) is 59.7 Å². The lowest BCUT2D eigenvalue weighted by Crippen LogP contribution is -2.21. The molecule has 0 aromatic heterocycles. The Kier molecular flexibility index (Phi) is 4.65. The minimum Gasteiger partial charge on any atom is -0.508 e. The third-order valence-electron chi connectivity index (χ3n) is 4.05. The van der Waals surface area contributed by atoms with Crippen molar-refractivity contribution in [3.8, 4) is 16.9 Å². The summed E-state index contributed by atoms with van der Waals surface area (Å²) >= 11 is 5.61. The lowest BCUT2D eigenvalue weighted by Gasteiger charge is -2.17. The number of hydrogen-bond donors (Lipinski definition) is 3. The van der Waals surface area contributed by atoms with E-state index in [2.05, 4.69) is 16.1 Å². The molecule has 0 saturated heterocycles. The van der Waals surface area contributed by atoms with Crippen molar-refractivity contribution in [2.24, 2.45) is 4.51 Å². The second-order valence-corrected chi connectivity index (χ2v) is 5.61. The van der Waals surface area contributed by atoms with E-state index in [0.29, 0.717) is 0 Å². The van der Waals surface area contributed by atoms with Gasteiger partial charge in [-0.25, -0.2) is 0 Å². The van der Waals surface area contributed by atoms with Gasteiger partial charge in [0.2, 0.25) is 0 Å². The molecule has 5 heteroatoms. The molecular weight excluding hydrogens is 312 g/mol. The summed E-state index contributed by atoms with van der Waals surface area (Å²) in [6.45, 7) is 0. The molecule has 0 amide bonds. The van der Waals surface area contributed by atoms with Crippen molar-refractivity contribution >= 4 is 23.2 Å². The van der Waals surface area contributed by atoms with Gasteiger partial charge in [0, 0.05) is 17.3 Å². The van der Waals surface area contributed by atoms with E-state index in [1.54, 1.807) is 12.1 Å². The Hall–Kier alpha value is -2.30. The molecule has 118 valence electrons. The van der Waals surface area contributed by atoms with E-state index in [-0.39, 0.29) is 11.6 Å². The normalized spacial score (nSPS) is 14.7. The Morgan fingerprint density at radius 2 is 1.91 bits per heavy atom. The van der Waals surface area contributed by atoms with Crippen LogP contribution in [0.4, 0.5) is 0 Å². The average molecular weight is 329 g/mol. The first kappa shape index (κ1) is 15.6. The number of nitrogens with zero attached hydrogens (tertiary/aromatic N) is 1. The Morgan fingerprint density at radius 3 is 2.52 bits per heavy atom. The number of hydrogen-bond acceptors (Lipinski definition) is 3. The molecule has 0 saturated carbocycles. The second kappa shape index (κ2) is 6.86. The van der Waals surface area contributed by atoms with Gasteiger partial charge in [-0.2, -0.15) is 4.51 Å². The summed E-state index contributed by atoms with van der Waals surface area (Å²) in [6.07, 6.45) is 5.34. The van der Waals surface area contributed by atoms with Crippen LogP contribution in [0.15, 0.2) is 53.1 Å². The Balaban J connectivity index is 2.23. The number of nitrogens with one attached hydrogen (secondary N) is 1. The maximum absolute atomic E-state index is 9.51. The third-order valence-corrected chi connectivity index (χ3v) is 4.22. The van der Waals surface area contributed by atoms with Crippen LogP contribution in [0, 0.1) is 0 Å². The summed E-state index contributed by atoms with van der Waals surface area (Å²) in [5, 5.41) is 18.8. The third kappa shape index (κ3) is 3.09. The molecule has 2 aromatic rings. The van der Waals surface area contributed by atoms with Crippen molar-refractivity contribution in [2.45, 2.75) is 19.3 Å². The van der Waals surface area contributed by atoms with Gasteiger partial charge < -0.3 is 5.11 Å². The maximum atomic E-state index is 9.51. The number of hydroxylamine groups is 1. The van der Waals surface area contributed by atoms with Crippen LogP contribution in [-0.2, 0) is 0 Å². The molecular formula is C18H17ClN2O2. The smallest absolute Gasteiger partial charge is 0.171 e. The van der Waals surface area contributed by atoms with Crippen molar-refractivity contribution in [3.63, 3.8) is 0 Å². The molecule has 3 rings (SSSR count). The summed E-state index contributed by atoms with van der Waals surface area (Å²) in [7, 11) is 0. The van der Waals surface area contributed by atoms with Crippen LogP contribution in [0.2, 0.25) is 0 Å². The lowest BCUT2D eigenvalue weighted by molar-refractivity contribution is 0.235. The number of allylic oxidation sites excluding steroid dienone is 2. The number of amidine groups is 1. The zero-order valence-corrected chi connectivity index (χ0v) is 13.2. The van der Waals surface area contributed by atoms with Crippen LogP contribution in [-0.4, -0.2) is 16.1 Å². The second-order valence-electron chi connectivity index (χ2n) is 5.44. The monoisotopic (exact) mass is 328 g/mol. The molecule has 0 spiro atoms. The first-order valence-electron chi connectivity index (χ1n) is 7.46. The highest BCUT2D eigenvalue weighted by molar-refractivity contribution is 6.23. The molecule has 4 nitrogen and oxygen atoms in total. The van der Waals surface area contributed by atoms with Crippen LogP contribution in [0.5, 0.6) is 5.75 Å². The van der Waals surface area contributed by atoms with Crippen molar-refractivity contribution < 1.29 is 10.3 Å². The number of rotatable bonds is 3. The van der Waals surface area contributed by atoms with Crippen molar-refractivity contribution in [1.29, 1.82) is 0 Å². The molecule has 0 aliphatic heterocycles. The van der Waals surface area contributed by atoms with Gasteiger partial charge in [0.05, 0.1) is 0 Å². The van der Waals surface area contributed by atoms with Crippen molar-refractivity contribution in [1.82, 2.24) is 5.48 Å². The number of phenols is 1. The molecule has 3 N–H and O–H groups in total. The van der Waals surface area contributed by atoms with E-state index >= 15 is 0 Å². The number of phenolic OH excluding ortho intramolecular Hbond substituents is 1. The summed E-state index contributed by atoms with van der Waals surface area (Å²) < 4.78 is 3.62. The predicted molar refractivity (Wildman–Crippen MR) is 92.7 cm³/mol. The fourth-order valence-corrected chi connectivity index (χ4v) is 3.13. The van der Waals surface area contributed by atoms with Gasteiger partial charge >= 0.3 is 0 Å². The van der Waals surface area contributed by atoms with Gasteiger partial charge in [-0.15, -0.1) is 0 Å². The summed E-state index contributed by atoms with van der Waals surface area (Å²) in [6, 6.07) is 12.9. The predicted octanol–water partition coefficient (Wildman–Crippen LogP) is 4.51. The molecule has 0 unspecified atom stereocenters. The Morgan fingerprint density at radius 1 is 1.13 bits per heavy atom. The molecule has 0 radical (unpaired) electrons. The molecule has 0 atom stereocenters. The molecule has 1 aliphatic rings. The Bertz CT molecular complexity index is 767. The minimum absolute atomic E-state index is 0.218. The quantitative estimate of drug-likeness (QED) is 0.441. The van der Waals surface area contributed by atoms with Crippen LogP contribution in [0.25, 0.3) is 16.7 Å². The van der Waals surface area contributed by atoms with E-state index in [9.17, 15) is 10.3 Å². The van der Waals surface area contributed by atoms with Crippen LogP contribution >= 0.6 is 11.8 Å². The standard InChI is InChI=1S/C18H17ClN2O2/c19-20-18(21-23)16-7-3-6-15(12-8-10-14(22)11-9-12)17(16)13-4-1-2-5-13/h3-4,6-11,22-23H,1-2,5H2,(H,20,21). The average Bonchev–Trinajstić information content (AvgIpc) is 3.11. The van der Waals surface area contributed by atoms with Crippen LogP contribution in [0.1, 0.15) is 30.4 Å². The highest BCUT2D eigenvalue weighted by Gasteiger charge is 2.19. The molecule has 0 fully saturated rings. The highest BCUT2D eigenvalue weighted by Crippen LogP contribution is 2.37. The van der Waals surface area contributed by atoms with Gasteiger partial charge in [-0.1, -0.05) is 36.4 Å². The summed E-state index contributed by atoms with van der Waals surface area (Å²) in [4.78, 5) is 0. The highest BCUT2D eigenvalue weighted by atomic mass is 35.5. The Labute approximate surface area is 139 Å². The molecule has 2 aromatic carbocycles. The SMILES string of the molecule is ONC(=NCl)c1cccc(-c2ccc(O)cc2)c1C1=CCCC1. The van der Waals surface area contributed by atoms with E-state index in [0.717, 1.165) is 41.5 Å². The van der Waals surface area contributed by atoms with E-state index < -0.39 is 0 Å². The van der Waals surface area contributed by atoms with E-state index in [1.165, 1.54) is 5.57 Å². The van der Waals surface area contributed by atoms with Crippen LogP contribution in [0.3, 0.4) is 0 Å². The number of aromatic hydroxyl groups is 1. The molecule has 1 aliphatic carbocycles. The summed E-state index contributed by atoms with van der Waals surface area (Å²) in [5.74, 6) is 0.446. The maximum Gasteiger partial charge on any atom is 0.171 e. The van der Waals surface area contributed by atoms with Gasteiger partial charge in [0.1, 0.15) is 5.75 Å². The van der Waals surface area contributed by atoms with Crippen molar-refractivity contribution in [2.75, 3.05) is 0 Å². The van der Waals surface area contributed by atoms with Gasteiger partial charge in [-0.05, 0) is 53.7 Å². The molecule has 0 heterocycles. The molecule has 0 bridgehead atoms. The zero-order valence-electron chi connectivity index (χ0n) is 12.5. The first-order chi connectivity index (χ1) is 11.2. The summed E-state index contributed by atoms with van der Waals surface area (Å²) in [5.41, 5.74) is 7.05. The molecule has 23 heavy (non-hydrogen) atoms. The van der Waals surface area contributed by atoms with E-state index in [4.69, 9.17) is 11.8 Å². The first-order valence-corrected chi connectivity index (χ1v) is 7.79. The fraction of sp³-hybridized carbons (Fsp3) is 0.167. The van der Waals surface area contributed by atoms with E-state index in [1.807, 2.05) is 30.3 Å². The van der Waals surface area contributed by atoms with Gasteiger partial charge in [0.25, 0.3) is 0 Å². The minimum atomic E-state index is 0.218. The topological polar surface area (TPSA) is 64.8 Å². The lowest BCUT2D eigenvalue weighted by atomic mass is 9.89. The van der Waals surface area contributed by atoms with Crippen LogP contribution < -0.4 is 5.48 Å². The van der Waals surface area contributed by atoms with Gasteiger partial charge in [-0.3, -0.25) is 10.7 Å². The fourth-order valence-electron chi connectivity index (χ4n) is 3.00.